The van der Waals surface area contributed by atoms with Crippen LogP contribution in [0.1, 0.15) is 5.69 Å². The second-order valence-corrected chi connectivity index (χ2v) is 3.95. The molecule has 0 atom stereocenters. The number of amides is 2. The number of carbonyl (C=O) groups is 2. The van der Waals surface area contributed by atoms with Crippen LogP contribution in [0.2, 0.25) is 0 Å². The van der Waals surface area contributed by atoms with Gasteiger partial charge in [-0.25, -0.2) is 0 Å². The van der Waals surface area contributed by atoms with Crippen LogP contribution in [0.15, 0.2) is 18.3 Å². The first-order valence-corrected chi connectivity index (χ1v) is 5.86. The normalized spacial score (nSPS) is 10.0. The van der Waals surface area contributed by atoms with Gasteiger partial charge >= 0.3 is 0 Å². The number of alkyl halides is 1. The smallest absolute Gasteiger partial charge is 0.239 e. The lowest BCUT2D eigenvalue weighted by atomic mass is 10.3. The Labute approximate surface area is 105 Å². The summed E-state index contributed by atoms with van der Waals surface area (Å²) in [5.74, 6) is -0.546. The van der Waals surface area contributed by atoms with Crippen LogP contribution in [0, 0.1) is 0 Å². The Balaban J connectivity index is 2.19. The second kappa shape index (κ2) is 6.96. The molecule has 0 aliphatic rings. The SMILES string of the molecule is CN(CC(=O)NCCc1ccc[nH]1)C(=O)CCl. The van der Waals surface area contributed by atoms with E-state index in [1.165, 1.54) is 4.90 Å². The van der Waals surface area contributed by atoms with E-state index < -0.39 is 0 Å². The highest BCUT2D eigenvalue weighted by molar-refractivity contribution is 6.27. The van der Waals surface area contributed by atoms with Gasteiger partial charge in [-0.1, -0.05) is 0 Å². The third-order valence-electron chi connectivity index (χ3n) is 2.30. The van der Waals surface area contributed by atoms with Gasteiger partial charge in [0.25, 0.3) is 0 Å². The molecule has 0 fully saturated rings. The van der Waals surface area contributed by atoms with Gasteiger partial charge in [0, 0.05) is 31.9 Å². The molecular weight excluding hydrogens is 242 g/mol. The summed E-state index contributed by atoms with van der Waals surface area (Å²) >= 11 is 5.38. The van der Waals surface area contributed by atoms with Gasteiger partial charge in [-0.05, 0) is 12.1 Å². The molecule has 0 unspecified atom stereocenters. The highest BCUT2D eigenvalue weighted by Gasteiger charge is 2.10. The molecule has 0 aliphatic carbocycles. The maximum atomic E-state index is 11.4. The fraction of sp³-hybridized carbons (Fsp3) is 0.455. The third kappa shape index (κ3) is 4.91. The topological polar surface area (TPSA) is 65.2 Å². The van der Waals surface area contributed by atoms with Crippen molar-refractivity contribution in [1.29, 1.82) is 0 Å². The zero-order valence-electron chi connectivity index (χ0n) is 9.70. The monoisotopic (exact) mass is 257 g/mol. The van der Waals surface area contributed by atoms with Crippen molar-refractivity contribution in [2.45, 2.75) is 6.42 Å². The van der Waals surface area contributed by atoms with E-state index >= 15 is 0 Å². The summed E-state index contributed by atoms with van der Waals surface area (Å²) in [6, 6.07) is 3.86. The van der Waals surface area contributed by atoms with Crippen molar-refractivity contribution in [2.24, 2.45) is 0 Å². The number of aromatic amines is 1. The van der Waals surface area contributed by atoms with E-state index in [0.29, 0.717) is 6.54 Å². The van der Waals surface area contributed by atoms with Crippen molar-refractivity contribution in [1.82, 2.24) is 15.2 Å². The summed E-state index contributed by atoms with van der Waals surface area (Å²) in [4.78, 5) is 26.9. The summed E-state index contributed by atoms with van der Waals surface area (Å²) in [5, 5.41) is 2.73. The fourth-order valence-electron chi connectivity index (χ4n) is 1.32. The average molecular weight is 258 g/mol. The second-order valence-electron chi connectivity index (χ2n) is 3.68. The molecule has 1 aromatic heterocycles. The Bertz CT molecular complexity index is 365. The van der Waals surface area contributed by atoms with Gasteiger partial charge in [0.05, 0.1) is 6.54 Å². The molecule has 1 aromatic rings. The first kappa shape index (κ1) is 13.6. The summed E-state index contributed by atoms with van der Waals surface area (Å²) < 4.78 is 0. The quantitative estimate of drug-likeness (QED) is 0.724. The van der Waals surface area contributed by atoms with Crippen molar-refractivity contribution < 1.29 is 9.59 Å². The standard InChI is InChI=1S/C11H16ClN3O2/c1-15(11(17)7-12)8-10(16)14-6-4-9-3-2-5-13-9/h2-3,5,13H,4,6-8H2,1H3,(H,14,16). The number of likely N-dealkylation sites (N-methyl/N-ethyl adjacent to an activating group) is 1. The predicted octanol–water partition coefficient (Wildman–Crippen LogP) is 0.371. The van der Waals surface area contributed by atoms with Crippen molar-refractivity contribution in [3.8, 4) is 0 Å². The lowest BCUT2D eigenvalue weighted by molar-refractivity contribution is -0.132. The molecule has 0 aliphatic heterocycles. The summed E-state index contributed by atoms with van der Waals surface area (Å²) in [7, 11) is 1.55. The van der Waals surface area contributed by atoms with Gasteiger partial charge in [0.15, 0.2) is 0 Å². The molecule has 17 heavy (non-hydrogen) atoms. The largest absolute Gasteiger partial charge is 0.365 e. The van der Waals surface area contributed by atoms with Crippen LogP contribution >= 0.6 is 11.6 Å². The van der Waals surface area contributed by atoms with Gasteiger partial charge in [-0.3, -0.25) is 9.59 Å². The molecule has 0 saturated heterocycles. The van der Waals surface area contributed by atoms with Gasteiger partial charge in [0.1, 0.15) is 5.88 Å². The Hall–Kier alpha value is -1.49. The first-order valence-electron chi connectivity index (χ1n) is 5.32. The first-order chi connectivity index (χ1) is 8.13. The number of halogens is 1. The van der Waals surface area contributed by atoms with E-state index in [4.69, 9.17) is 11.6 Å². The Morgan fingerprint density at radius 3 is 2.88 bits per heavy atom. The van der Waals surface area contributed by atoms with Crippen LogP contribution in [0.25, 0.3) is 0 Å². The number of carbonyl (C=O) groups excluding carboxylic acids is 2. The Morgan fingerprint density at radius 1 is 1.53 bits per heavy atom. The number of hydrogen-bond donors (Lipinski definition) is 2. The van der Waals surface area contributed by atoms with E-state index in [0.717, 1.165) is 12.1 Å². The maximum absolute atomic E-state index is 11.4. The van der Waals surface area contributed by atoms with E-state index in [9.17, 15) is 9.59 Å². The molecule has 2 amide bonds. The number of H-pyrrole nitrogens is 1. The Morgan fingerprint density at radius 2 is 2.29 bits per heavy atom. The molecule has 1 rings (SSSR count). The molecule has 0 saturated carbocycles. The molecule has 0 aromatic carbocycles. The van der Waals surface area contributed by atoms with Crippen molar-refractivity contribution in [2.75, 3.05) is 26.0 Å². The van der Waals surface area contributed by atoms with Crippen LogP contribution < -0.4 is 5.32 Å². The molecule has 94 valence electrons. The van der Waals surface area contributed by atoms with Crippen LogP contribution in [-0.4, -0.2) is 47.7 Å². The van der Waals surface area contributed by atoms with Crippen LogP contribution in [0.3, 0.4) is 0 Å². The maximum Gasteiger partial charge on any atom is 0.239 e. The molecular formula is C11H16ClN3O2. The van der Waals surface area contributed by atoms with Crippen LogP contribution in [0.4, 0.5) is 0 Å². The summed E-state index contributed by atoms with van der Waals surface area (Å²) in [6.07, 6.45) is 2.58. The van der Waals surface area contributed by atoms with Crippen molar-refractivity contribution >= 4 is 23.4 Å². The summed E-state index contributed by atoms with van der Waals surface area (Å²) in [5.41, 5.74) is 1.07. The molecule has 0 bridgehead atoms. The number of nitrogens with zero attached hydrogens (tertiary/aromatic N) is 1. The Kier molecular flexibility index (Phi) is 5.56. The number of rotatable bonds is 6. The third-order valence-corrected chi connectivity index (χ3v) is 2.53. The lowest BCUT2D eigenvalue weighted by Crippen LogP contribution is -2.39. The molecule has 1 heterocycles. The molecule has 0 spiro atoms. The number of nitrogens with one attached hydrogen (secondary N) is 2. The molecule has 0 radical (unpaired) electrons. The number of hydrogen-bond acceptors (Lipinski definition) is 2. The molecule has 5 nitrogen and oxygen atoms in total. The minimum atomic E-state index is -0.258. The average Bonchev–Trinajstić information content (AvgIpc) is 2.80. The van der Waals surface area contributed by atoms with E-state index in [1.54, 1.807) is 7.05 Å². The van der Waals surface area contributed by atoms with Crippen LogP contribution in [0.5, 0.6) is 0 Å². The number of aromatic nitrogens is 1. The lowest BCUT2D eigenvalue weighted by Gasteiger charge is -2.15. The van der Waals surface area contributed by atoms with Crippen LogP contribution in [-0.2, 0) is 16.0 Å². The minimum Gasteiger partial charge on any atom is -0.365 e. The zero-order chi connectivity index (χ0) is 12.7. The van der Waals surface area contributed by atoms with E-state index in [2.05, 4.69) is 10.3 Å². The van der Waals surface area contributed by atoms with Crippen molar-refractivity contribution in [3.05, 3.63) is 24.0 Å². The zero-order valence-corrected chi connectivity index (χ0v) is 10.5. The van der Waals surface area contributed by atoms with Gasteiger partial charge in [-0.2, -0.15) is 0 Å². The van der Waals surface area contributed by atoms with Gasteiger partial charge < -0.3 is 15.2 Å². The minimum absolute atomic E-state index is 0.0380. The highest BCUT2D eigenvalue weighted by Crippen LogP contribution is 1.94. The van der Waals surface area contributed by atoms with E-state index in [-0.39, 0.29) is 24.2 Å². The highest BCUT2D eigenvalue weighted by atomic mass is 35.5. The van der Waals surface area contributed by atoms with Gasteiger partial charge in [-0.15, -0.1) is 11.6 Å². The predicted molar refractivity (Wildman–Crippen MR) is 65.9 cm³/mol. The molecule has 2 N–H and O–H groups in total. The molecule has 6 heteroatoms. The van der Waals surface area contributed by atoms with E-state index in [1.807, 2.05) is 18.3 Å². The fourth-order valence-corrected chi connectivity index (χ4v) is 1.53. The summed E-state index contributed by atoms with van der Waals surface area (Å²) in [6.45, 7) is 0.582. The van der Waals surface area contributed by atoms with Crippen molar-refractivity contribution in [3.63, 3.8) is 0 Å². The van der Waals surface area contributed by atoms with Gasteiger partial charge in [0.2, 0.25) is 11.8 Å².